The molecular formula is C13H19NO3. The van der Waals surface area contributed by atoms with Gasteiger partial charge < -0.3 is 14.7 Å². The summed E-state index contributed by atoms with van der Waals surface area (Å²) >= 11 is 0. The number of carbonyl (C=O) groups excluding carboxylic acids is 1. The second-order valence-corrected chi connectivity index (χ2v) is 4.11. The van der Waals surface area contributed by atoms with Gasteiger partial charge in [-0.25, -0.2) is 0 Å². The SMILES string of the molecule is COCC(O)CN(C)C(=O)c1ccccc1C. The molecule has 0 heterocycles. The Kier molecular flexibility index (Phi) is 5.12. The fraction of sp³-hybridized carbons (Fsp3) is 0.462. The molecule has 0 aliphatic carbocycles. The molecule has 1 amide bonds. The monoisotopic (exact) mass is 237 g/mol. The Morgan fingerprint density at radius 2 is 2.12 bits per heavy atom. The van der Waals surface area contributed by atoms with Crippen molar-refractivity contribution >= 4 is 5.91 Å². The number of ether oxygens (including phenoxy) is 1. The van der Waals surface area contributed by atoms with E-state index in [0.29, 0.717) is 5.56 Å². The van der Waals surface area contributed by atoms with Crippen LogP contribution in [-0.2, 0) is 4.74 Å². The number of hydrogen-bond acceptors (Lipinski definition) is 3. The smallest absolute Gasteiger partial charge is 0.253 e. The van der Waals surface area contributed by atoms with Crippen molar-refractivity contribution in [2.24, 2.45) is 0 Å². The van der Waals surface area contributed by atoms with Crippen LogP contribution >= 0.6 is 0 Å². The molecule has 1 unspecified atom stereocenters. The molecule has 17 heavy (non-hydrogen) atoms. The number of aryl methyl sites for hydroxylation is 1. The summed E-state index contributed by atoms with van der Waals surface area (Å²) in [7, 11) is 3.19. The molecular weight excluding hydrogens is 218 g/mol. The van der Waals surface area contributed by atoms with Crippen LogP contribution in [0.5, 0.6) is 0 Å². The first-order chi connectivity index (χ1) is 8.06. The lowest BCUT2D eigenvalue weighted by Crippen LogP contribution is -2.36. The number of hydrogen-bond donors (Lipinski definition) is 1. The third-order valence-corrected chi connectivity index (χ3v) is 2.57. The standard InChI is InChI=1S/C13H19NO3/c1-10-6-4-5-7-12(10)13(16)14(2)8-11(15)9-17-3/h4-7,11,15H,8-9H2,1-3H3. The van der Waals surface area contributed by atoms with E-state index >= 15 is 0 Å². The van der Waals surface area contributed by atoms with E-state index < -0.39 is 6.10 Å². The zero-order valence-corrected chi connectivity index (χ0v) is 10.5. The first-order valence-corrected chi connectivity index (χ1v) is 5.54. The average Bonchev–Trinajstić information content (AvgIpc) is 2.29. The molecule has 0 fully saturated rings. The maximum atomic E-state index is 12.1. The quantitative estimate of drug-likeness (QED) is 0.833. The van der Waals surface area contributed by atoms with Crippen LogP contribution < -0.4 is 0 Å². The molecule has 0 aliphatic heterocycles. The Bertz CT molecular complexity index is 379. The molecule has 1 rings (SSSR count). The van der Waals surface area contributed by atoms with Crippen molar-refractivity contribution in [1.82, 2.24) is 4.90 Å². The maximum absolute atomic E-state index is 12.1. The predicted molar refractivity (Wildman–Crippen MR) is 66.0 cm³/mol. The normalized spacial score (nSPS) is 12.2. The fourth-order valence-corrected chi connectivity index (χ4v) is 1.66. The molecule has 4 heteroatoms. The summed E-state index contributed by atoms with van der Waals surface area (Å²) in [5.74, 6) is -0.0850. The molecule has 1 atom stereocenters. The van der Waals surface area contributed by atoms with Gasteiger partial charge in [0.2, 0.25) is 0 Å². The first kappa shape index (κ1) is 13.7. The van der Waals surface area contributed by atoms with E-state index in [1.165, 1.54) is 12.0 Å². The molecule has 0 aromatic heterocycles. The average molecular weight is 237 g/mol. The number of nitrogens with zero attached hydrogens (tertiary/aromatic N) is 1. The van der Waals surface area contributed by atoms with Crippen LogP contribution in [-0.4, -0.2) is 49.3 Å². The molecule has 1 aromatic rings. The highest BCUT2D eigenvalue weighted by Crippen LogP contribution is 2.09. The summed E-state index contributed by atoms with van der Waals surface area (Å²) in [6.07, 6.45) is -0.655. The van der Waals surface area contributed by atoms with Crippen LogP contribution in [0.4, 0.5) is 0 Å². The maximum Gasteiger partial charge on any atom is 0.253 e. The molecule has 94 valence electrons. The Morgan fingerprint density at radius 3 is 2.71 bits per heavy atom. The van der Waals surface area contributed by atoms with Crippen molar-refractivity contribution in [3.63, 3.8) is 0 Å². The Hall–Kier alpha value is -1.39. The number of methoxy groups -OCH3 is 1. The van der Waals surface area contributed by atoms with E-state index in [1.807, 2.05) is 25.1 Å². The largest absolute Gasteiger partial charge is 0.389 e. The minimum absolute atomic E-state index is 0.0850. The summed E-state index contributed by atoms with van der Waals surface area (Å²) < 4.78 is 4.83. The molecule has 1 N–H and O–H groups in total. The minimum atomic E-state index is -0.655. The van der Waals surface area contributed by atoms with Gasteiger partial charge in [0.05, 0.1) is 12.7 Å². The summed E-state index contributed by atoms with van der Waals surface area (Å²) in [5, 5.41) is 9.57. The molecule has 0 saturated carbocycles. The van der Waals surface area contributed by atoms with Crippen LogP contribution in [0, 0.1) is 6.92 Å². The van der Waals surface area contributed by atoms with Gasteiger partial charge in [0.15, 0.2) is 0 Å². The highest BCUT2D eigenvalue weighted by molar-refractivity contribution is 5.95. The number of aliphatic hydroxyl groups excluding tert-OH is 1. The highest BCUT2D eigenvalue weighted by Gasteiger charge is 2.16. The van der Waals surface area contributed by atoms with Gasteiger partial charge in [-0.1, -0.05) is 18.2 Å². The molecule has 1 aromatic carbocycles. The third kappa shape index (κ3) is 3.84. The summed E-state index contributed by atoms with van der Waals surface area (Å²) in [6, 6.07) is 7.41. The number of aliphatic hydroxyl groups is 1. The highest BCUT2D eigenvalue weighted by atomic mass is 16.5. The van der Waals surface area contributed by atoms with E-state index in [9.17, 15) is 9.90 Å². The van der Waals surface area contributed by atoms with E-state index in [1.54, 1.807) is 13.1 Å². The van der Waals surface area contributed by atoms with Crippen molar-refractivity contribution in [3.8, 4) is 0 Å². The Labute approximate surface area is 102 Å². The van der Waals surface area contributed by atoms with Gasteiger partial charge in [0, 0.05) is 26.3 Å². The number of rotatable bonds is 5. The van der Waals surface area contributed by atoms with Gasteiger partial charge in [-0.15, -0.1) is 0 Å². The van der Waals surface area contributed by atoms with Crippen molar-refractivity contribution in [2.75, 3.05) is 27.3 Å². The number of likely N-dealkylation sites (N-methyl/N-ethyl adjacent to an activating group) is 1. The number of amides is 1. The van der Waals surface area contributed by atoms with Crippen LogP contribution in [0.2, 0.25) is 0 Å². The van der Waals surface area contributed by atoms with Gasteiger partial charge >= 0.3 is 0 Å². The predicted octanol–water partition coefficient (Wildman–Crippen LogP) is 1.07. The zero-order valence-electron chi connectivity index (χ0n) is 10.5. The van der Waals surface area contributed by atoms with Gasteiger partial charge in [-0.3, -0.25) is 4.79 Å². The van der Waals surface area contributed by atoms with E-state index in [0.717, 1.165) is 5.56 Å². The molecule has 0 radical (unpaired) electrons. The molecule has 0 aliphatic rings. The fourth-order valence-electron chi connectivity index (χ4n) is 1.66. The summed E-state index contributed by atoms with van der Waals surface area (Å²) in [6.45, 7) is 2.39. The number of benzene rings is 1. The molecule has 4 nitrogen and oxygen atoms in total. The summed E-state index contributed by atoms with van der Waals surface area (Å²) in [5.41, 5.74) is 1.60. The first-order valence-electron chi connectivity index (χ1n) is 5.54. The van der Waals surface area contributed by atoms with E-state index in [4.69, 9.17) is 4.74 Å². The third-order valence-electron chi connectivity index (χ3n) is 2.57. The van der Waals surface area contributed by atoms with Gasteiger partial charge in [0.1, 0.15) is 0 Å². The minimum Gasteiger partial charge on any atom is -0.389 e. The van der Waals surface area contributed by atoms with Crippen molar-refractivity contribution < 1.29 is 14.6 Å². The molecule has 0 saturated heterocycles. The Balaban J connectivity index is 2.67. The van der Waals surface area contributed by atoms with Crippen molar-refractivity contribution in [3.05, 3.63) is 35.4 Å². The lowest BCUT2D eigenvalue weighted by molar-refractivity contribution is 0.0380. The van der Waals surface area contributed by atoms with E-state index in [-0.39, 0.29) is 19.1 Å². The van der Waals surface area contributed by atoms with Gasteiger partial charge in [0.25, 0.3) is 5.91 Å². The van der Waals surface area contributed by atoms with Crippen LogP contribution in [0.1, 0.15) is 15.9 Å². The second-order valence-electron chi connectivity index (χ2n) is 4.11. The van der Waals surface area contributed by atoms with Gasteiger partial charge in [-0.2, -0.15) is 0 Å². The number of carbonyl (C=O) groups is 1. The van der Waals surface area contributed by atoms with Crippen LogP contribution in [0.25, 0.3) is 0 Å². The van der Waals surface area contributed by atoms with Crippen LogP contribution in [0.3, 0.4) is 0 Å². The molecule has 0 bridgehead atoms. The second kappa shape index (κ2) is 6.37. The topological polar surface area (TPSA) is 49.8 Å². The van der Waals surface area contributed by atoms with Crippen molar-refractivity contribution in [1.29, 1.82) is 0 Å². The summed E-state index contributed by atoms with van der Waals surface area (Å²) in [4.78, 5) is 13.6. The van der Waals surface area contributed by atoms with Crippen molar-refractivity contribution in [2.45, 2.75) is 13.0 Å². The van der Waals surface area contributed by atoms with Gasteiger partial charge in [-0.05, 0) is 18.6 Å². The molecule has 0 spiro atoms. The van der Waals surface area contributed by atoms with E-state index in [2.05, 4.69) is 0 Å². The van der Waals surface area contributed by atoms with Crippen LogP contribution in [0.15, 0.2) is 24.3 Å². The lowest BCUT2D eigenvalue weighted by atomic mass is 10.1. The Morgan fingerprint density at radius 1 is 1.47 bits per heavy atom. The lowest BCUT2D eigenvalue weighted by Gasteiger charge is -2.21. The zero-order chi connectivity index (χ0) is 12.8.